The molecule has 0 spiro atoms. The van der Waals surface area contributed by atoms with E-state index in [1.54, 1.807) is 25.1 Å². The average molecular weight is 325 g/mol. The molecule has 0 saturated heterocycles. The molecule has 0 aliphatic rings. The first-order valence-electron chi connectivity index (χ1n) is 5.78. The largest absolute Gasteiger partial charge is 0.461 e. The Morgan fingerprint density at radius 3 is 2.74 bits per heavy atom. The minimum Gasteiger partial charge on any atom is -0.461 e. The Kier molecular flexibility index (Phi) is 3.90. The molecular formula is C13H13BrN2O3. The van der Waals surface area contributed by atoms with Crippen LogP contribution in [-0.4, -0.2) is 23.5 Å². The van der Waals surface area contributed by atoms with Crippen LogP contribution < -0.4 is 5.32 Å². The maximum Gasteiger partial charge on any atom is 0.354 e. The number of hydrogen-bond donors (Lipinski definition) is 2. The third-order valence-electron chi connectivity index (χ3n) is 2.50. The molecule has 0 saturated carbocycles. The number of halogens is 1. The van der Waals surface area contributed by atoms with Gasteiger partial charge in [0.2, 0.25) is 5.91 Å². The van der Waals surface area contributed by atoms with Crippen LogP contribution in [0.4, 0.5) is 5.69 Å². The number of carbonyl (C=O) groups is 2. The van der Waals surface area contributed by atoms with E-state index < -0.39 is 5.97 Å². The van der Waals surface area contributed by atoms with Crippen LogP contribution in [0.2, 0.25) is 0 Å². The van der Waals surface area contributed by atoms with E-state index >= 15 is 0 Å². The van der Waals surface area contributed by atoms with E-state index in [0.29, 0.717) is 18.0 Å². The SMILES string of the molecule is CCOC(=O)c1cc2cc(NC(C)=O)cc(Br)c2[nH]1. The number of rotatable bonds is 3. The van der Waals surface area contributed by atoms with Crippen LogP contribution in [0, 0.1) is 0 Å². The summed E-state index contributed by atoms with van der Waals surface area (Å²) < 4.78 is 5.70. The van der Waals surface area contributed by atoms with E-state index in [-0.39, 0.29) is 5.91 Å². The number of nitrogens with one attached hydrogen (secondary N) is 2. The summed E-state index contributed by atoms with van der Waals surface area (Å²) in [7, 11) is 0. The van der Waals surface area contributed by atoms with Crippen molar-refractivity contribution in [3.05, 3.63) is 28.4 Å². The Hall–Kier alpha value is -1.82. The zero-order chi connectivity index (χ0) is 14.0. The number of fused-ring (bicyclic) bond motifs is 1. The predicted molar refractivity (Wildman–Crippen MR) is 76.3 cm³/mol. The Morgan fingerprint density at radius 2 is 2.11 bits per heavy atom. The number of H-pyrrole nitrogens is 1. The molecule has 19 heavy (non-hydrogen) atoms. The fraction of sp³-hybridized carbons (Fsp3) is 0.231. The molecular weight excluding hydrogens is 312 g/mol. The smallest absolute Gasteiger partial charge is 0.354 e. The molecule has 0 fully saturated rings. The number of carbonyl (C=O) groups excluding carboxylic acids is 2. The van der Waals surface area contributed by atoms with Crippen molar-refractivity contribution in [2.75, 3.05) is 11.9 Å². The molecule has 0 aliphatic heterocycles. The van der Waals surface area contributed by atoms with Crippen LogP contribution in [0.1, 0.15) is 24.3 Å². The van der Waals surface area contributed by atoms with Gasteiger partial charge < -0.3 is 15.0 Å². The molecule has 0 radical (unpaired) electrons. The van der Waals surface area contributed by atoms with E-state index in [2.05, 4.69) is 26.2 Å². The molecule has 2 rings (SSSR count). The maximum atomic E-state index is 11.6. The summed E-state index contributed by atoms with van der Waals surface area (Å²) in [5.74, 6) is -0.543. The predicted octanol–water partition coefficient (Wildman–Crippen LogP) is 3.07. The van der Waals surface area contributed by atoms with E-state index in [4.69, 9.17) is 4.74 Å². The first-order valence-corrected chi connectivity index (χ1v) is 6.57. The van der Waals surface area contributed by atoms with Gasteiger partial charge in [-0.25, -0.2) is 4.79 Å². The number of aromatic amines is 1. The van der Waals surface area contributed by atoms with E-state index in [1.807, 2.05) is 0 Å². The second-order valence-corrected chi connectivity index (χ2v) is 4.86. The van der Waals surface area contributed by atoms with Gasteiger partial charge in [-0.1, -0.05) is 0 Å². The standard InChI is InChI=1S/C13H13BrN2O3/c1-3-19-13(18)11-5-8-4-9(15-7(2)17)6-10(14)12(8)16-11/h4-6,16H,3H2,1-2H3,(H,15,17). The Bertz CT molecular complexity index is 649. The van der Waals surface area contributed by atoms with Crippen molar-refractivity contribution in [3.63, 3.8) is 0 Å². The first kappa shape index (κ1) is 13.6. The summed E-state index contributed by atoms with van der Waals surface area (Å²) in [5, 5.41) is 3.52. The van der Waals surface area contributed by atoms with Gasteiger partial charge in [-0.2, -0.15) is 0 Å². The summed E-state index contributed by atoms with van der Waals surface area (Å²) in [6, 6.07) is 5.26. The van der Waals surface area contributed by atoms with Crippen LogP contribution in [0.5, 0.6) is 0 Å². The van der Waals surface area contributed by atoms with Gasteiger partial charge in [0.05, 0.1) is 12.1 Å². The number of amides is 1. The molecule has 5 nitrogen and oxygen atoms in total. The molecule has 0 aliphatic carbocycles. The molecule has 100 valence electrons. The van der Waals surface area contributed by atoms with E-state index in [9.17, 15) is 9.59 Å². The van der Waals surface area contributed by atoms with Crippen LogP contribution >= 0.6 is 15.9 Å². The Morgan fingerprint density at radius 1 is 1.37 bits per heavy atom. The van der Waals surface area contributed by atoms with Crippen LogP contribution in [0.15, 0.2) is 22.7 Å². The lowest BCUT2D eigenvalue weighted by atomic mass is 10.2. The van der Waals surface area contributed by atoms with Crippen molar-refractivity contribution >= 4 is 44.4 Å². The quantitative estimate of drug-likeness (QED) is 0.852. The van der Waals surface area contributed by atoms with Gasteiger partial charge in [0.15, 0.2) is 0 Å². The molecule has 0 unspecified atom stereocenters. The monoisotopic (exact) mass is 324 g/mol. The van der Waals surface area contributed by atoms with Gasteiger partial charge in [0.1, 0.15) is 5.69 Å². The lowest BCUT2D eigenvalue weighted by Crippen LogP contribution is -2.05. The summed E-state index contributed by atoms with van der Waals surface area (Å²) in [4.78, 5) is 25.7. The molecule has 1 heterocycles. The summed E-state index contributed by atoms with van der Waals surface area (Å²) >= 11 is 3.40. The second-order valence-electron chi connectivity index (χ2n) is 4.01. The van der Waals surface area contributed by atoms with Crippen LogP contribution in [0.3, 0.4) is 0 Å². The zero-order valence-corrected chi connectivity index (χ0v) is 12.1. The molecule has 0 bridgehead atoms. The van der Waals surface area contributed by atoms with Gasteiger partial charge in [0.25, 0.3) is 0 Å². The molecule has 0 atom stereocenters. The van der Waals surface area contributed by atoms with Crippen molar-refractivity contribution in [2.24, 2.45) is 0 Å². The molecule has 1 amide bonds. The summed E-state index contributed by atoms with van der Waals surface area (Å²) in [6.45, 7) is 3.52. The highest BCUT2D eigenvalue weighted by molar-refractivity contribution is 9.10. The summed E-state index contributed by atoms with van der Waals surface area (Å²) in [5.41, 5.74) is 1.84. The molecule has 1 aromatic carbocycles. The van der Waals surface area contributed by atoms with Gasteiger partial charge >= 0.3 is 5.97 Å². The number of anilines is 1. The number of aromatic nitrogens is 1. The van der Waals surface area contributed by atoms with Crippen molar-refractivity contribution in [1.29, 1.82) is 0 Å². The Balaban J connectivity index is 2.44. The van der Waals surface area contributed by atoms with Crippen LogP contribution in [0.25, 0.3) is 10.9 Å². The van der Waals surface area contributed by atoms with Gasteiger partial charge in [-0.15, -0.1) is 0 Å². The van der Waals surface area contributed by atoms with E-state index in [1.165, 1.54) is 6.92 Å². The lowest BCUT2D eigenvalue weighted by Gasteiger charge is -2.03. The number of benzene rings is 1. The fourth-order valence-electron chi connectivity index (χ4n) is 1.79. The summed E-state index contributed by atoms with van der Waals surface area (Å²) in [6.07, 6.45) is 0. The number of ether oxygens (including phenoxy) is 1. The normalized spacial score (nSPS) is 10.5. The third-order valence-corrected chi connectivity index (χ3v) is 3.12. The van der Waals surface area contributed by atoms with Crippen LogP contribution in [-0.2, 0) is 9.53 Å². The van der Waals surface area contributed by atoms with Crippen molar-refractivity contribution < 1.29 is 14.3 Å². The number of hydrogen-bond acceptors (Lipinski definition) is 3. The second kappa shape index (κ2) is 5.44. The molecule has 2 N–H and O–H groups in total. The van der Waals surface area contributed by atoms with Crippen molar-refractivity contribution in [2.45, 2.75) is 13.8 Å². The van der Waals surface area contributed by atoms with Gasteiger partial charge in [-0.3, -0.25) is 4.79 Å². The minimum atomic E-state index is -0.397. The highest BCUT2D eigenvalue weighted by Crippen LogP contribution is 2.28. The maximum absolute atomic E-state index is 11.6. The van der Waals surface area contributed by atoms with Gasteiger partial charge in [-0.05, 0) is 41.1 Å². The third kappa shape index (κ3) is 2.96. The number of esters is 1. The highest BCUT2D eigenvalue weighted by atomic mass is 79.9. The molecule has 2 aromatic rings. The van der Waals surface area contributed by atoms with Crippen molar-refractivity contribution in [3.8, 4) is 0 Å². The minimum absolute atomic E-state index is 0.146. The lowest BCUT2D eigenvalue weighted by molar-refractivity contribution is -0.114. The molecule has 6 heteroatoms. The molecule has 1 aromatic heterocycles. The average Bonchev–Trinajstić information content (AvgIpc) is 2.72. The Labute approximate surface area is 118 Å². The highest BCUT2D eigenvalue weighted by Gasteiger charge is 2.13. The zero-order valence-electron chi connectivity index (χ0n) is 10.5. The van der Waals surface area contributed by atoms with Crippen molar-refractivity contribution in [1.82, 2.24) is 4.98 Å². The van der Waals surface area contributed by atoms with E-state index in [0.717, 1.165) is 15.4 Å². The first-order chi connectivity index (χ1) is 9.01. The topological polar surface area (TPSA) is 71.2 Å². The van der Waals surface area contributed by atoms with Gasteiger partial charge in [0, 0.05) is 22.5 Å². The fourth-order valence-corrected chi connectivity index (χ4v) is 2.37.